The summed E-state index contributed by atoms with van der Waals surface area (Å²) in [5, 5.41) is 0. The van der Waals surface area contributed by atoms with Gasteiger partial charge in [-0.25, -0.2) is 4.79 Å². The van der Waals surface area contributed by atoms with Gasteiger partial charge in [0.2, 0.25) is 0 Å². The van der Waals surface area contributed by atoms with E-state index in [9.17, 15) is 4.79 Å². The molecule has 0 radical (unpaired) electrons. The number of carbonyl (C=O) groups is 1. The van der Waals surface area contributed by atoms with Crippen LogP contribution in [0.2, 0.25) is 0 Å². The van der Waals surface area contributed by atoms with Gasteiger partial charge in [-0.15, -0.1) is 0 Å². The van der Waals surface area contributed by atoms with E-state index in [4.69, 9.17) is 4.74 Å². The van der Waals surface area contributed by atoms with Gasteiger partial charge in [0.25, 0.3) is 0 Å². The van der Waals surface area contributed by atoms with Crippen molar-refractivity contribution in [2.24, 2.45) is 0 Å². The summed E-state index contributed by atoms with van der Waals surface area (Å²) in [5.74, 6) is -0.380. The molecule has 0 spiro atoms. The molecule has 0 saturated carbocycles. The Hall–Kier alpha value is -3.01. The number of benzene rings is 1. The van der Waals surface area contributed by atoms with Crippen LogP contribution in [-0.4, -0.2) is 23.0 Å². The number of pyridine rings is 2. The van der Waals surface area contributed by atoms with Crippen molar-refractivity contribution in [1.29, 1.82) is 0 Å². The van der Waals surface area contributed by atoms with E-state index in [0.717, 1.165) is 22.5 Å². The summed E-state index contributed by atoms with van der Waals surface area (Å²) in [4.78, 5) is 20.6. The topological polar surface area (TPSA) is 52.1 Å². The molecular formula is C18H14N2O2. The number of carbonyl (C=O) groups excluding carboxylic acids is 1. The largest absolute Gasteiger partial charge is 0.465 e. The summed E-state index contributed by atoms with van der Waals surface area (Å²) in [6.07, 6.45) is 3.45. The maximum Gasteiger partial charge on any atom is 0.337 e. The fraction of sp³-hybridized carbons (Fsp3) is 0.0556. The minimum atomic E-state index is -0.380. The van der Waals surface area contributed by atoms with Gasteiger partial charge in [-0.1, -0.05) is 12.1 Å². The van der Waals surface area contributed by atoms with Gasteiger partial charge < -0.3 is 4.74 Å². The molecule has 0 aliphatic rings. The Morgan fingerprint density at radius 3 is 1.82 bits per heavy atom. The highest BCUT2D eigenvalue weighted by molar-refractivity contribution is 5.92. The van der Waals surface area contributed by atoms with E-state index >= 15 is 0 Å². The highest BCUT2D eigenvalue weighted by Gasteiger charge is 2.12. The van der Waals surface area contributed by atoms with Crippen molar-refractivity contribution in [3.05, 3.63) is 72.6 Å². The zero-order valence-electron chi connectivity index (χ0n) is 12.1. The van der Waals surface area contributed by atoms with Crippen molar-refractivity contribution in [2.45, 2.75) is 0 Å². The standard InChI is InChI=1S/C18H14N2O2/c1-22-18(21)15-11-13(16-6-2-4-8-19-16)10-14(12-15)17-7-3-5-9-20-17/h2-12H,1H3. The number of aromatic nitrogens is 2. The molecule has 0 aliphatic heterocycles. The number of hydrogen-bond acceptors (Lipinski definition) is 4. The number of esters is 1. The Balaban J connectivity index is 2.17. The summed E-state index contributed by atoms with van der Waals surface area (Å²) in [6, 6.07) is 16.9. The molecule has 0 amide bonds. The lowest BCUT2D eigenvalue weighted by atomic mass is 10.0. The summed E-state index contributed by atoms with van der Waals surface area (Å²) >= 11 is 0. The number of methoxy groups -OCH3 is 1. The Bertz CT molecular complexity index is 729. The molecule has 0 fully saturated rings. The van der Waals surface area contributed by atoms with Crippen molar-refractivity contribution in [1.82, 2.24) is 9.97 Å². The highest BCUT2D eigenvalue weighted by atomic mass is 16.5. The van der Waals surface area contributed by atoms with Crippen LogP contribution < -0.4 is 0 Å². The van der Waals surface area contributed by atoms with Crippen LogP contribution in [0.5, 0.6) is 0 Å². The lowest BCUT2D eigenvalue weighted by Gasteiger charge is -2.08. The molecule has 0 atom stereocenters. The van der Waals surface area contributed by atoms with E-state index in [1.807, 2.05) is 42.5 Å². The molecule has 108 valence electrons. The molecule has 1 aromatic carbocycles. The van der Waals surface area contributed by atoms with E-state index in [0.29, 0.717) is 5.56 Å². The zero-order valence-corrected chi connectivity index (χ0v) is 12.1. The summed E-state index contributed by atoms with van der Waals surface area (Å²) in [5.41, 5.74) is 3.77. The third-order valence-electron chi connectivity index (χ3n) is 3.28. The Labute approximate surface area is 128 Å². The van der Waals surface area contributed by atoms with Gasteiger partial charge in [0.05, 0.1) is 24.1 Å². The Kier molecular flexibility index (Phi) is 3.92. The fourth-order valence-electron chi connectivity index (χ4n) is 2.23. The van der Waals surface area contributed by atoms with Gasteiger partial charge in [-0.2, -0.15) is 0 Å². The zero-order chi connectivity index (χ0) is 15.4. The van der Waals surface area contributed by atoms with E-state index in [2.05, 4.69) is 9.97 Å². The highest BCUT2D eigenvalue weighted by Crippen LogP contribution is 2.26. The summed E-state index contributed by atoms with van der Waals surface area (Å²) in [6.45, 7) is 0. The van der Waals surface area contributed by atoms with Crippen LogP contribution in [0.3, 0.4) is 0 Å². The lowest BCUT2D eigenvalue weighted by Crippen LogP contribution is -2.02. The normalized spacial score (nSPS) is 10.2. The molecule has 0 aliphatic carbocycles. The molecule has 3 aromatic rings. The Morgan fingerprint density at radius 2 is 1.41 bits per heavy atom. The van der Waals surface area contributed by atoms with Crippen molar-refractivity contribution < 1.29 is 9.53 Å². The smallest absolute Gasteiger partial charge is 0.337 e. The quantitative estimate of drug-likeness (QED) is 0.692. The molecule has 0 unspecified atom stereocenters. The Morgan fingerprint density at radius 1 is 0.864 bits per heavy atom. The van der Waals surface area contributed by atoms with Crippen molar-refractivity contribution in [2.75, 3.05) is 7.11 Å². The van der Waals surface area contributed by atoms with Crippen LogP contribution in [0.25, 0.3) is 22.5 Å². The van der Waals surface area contributed by atoms with Gasteiger partial charge in [-0.05, 0) is 42.5 Å². The third kappa shape index (κ3) is 2.86. The SMILES string of the molecule is COC(=O)c1cc(-c2ccccn2)cc(-c2ccccn2)c1. The average Bonchev–Trinajstić information content (AvgIpc) is 2.62. The van der Waals surface area contributed by atoms with Crippen LogP contribution in [0, 0.1) is 0 Å². The lowest BCUT2D eigenvalue weighted by molar-refractivity contribution is 0.0601. The molecule has 0 N–H and O–H groups in total. The van der Waals surface area contributed by atoms with Gasteiger partial charge in [0.15, 0.2) is 0 Å². The number of ether oxygens (including phenoxy) is 1. The minimum absolute atomic E-state index is 0.380. The van der Waals surface area contributed by atoms with Crippen molar-refractivity contribution >= 4 is 5.97 Å². The molecule has 2 heterocycles. The first-order valence-corrected chi connectivity index (χ1v) is 6.84. The molecule has 22 heavy (non-hydrogen) atoms. The van der Waals surface area contributed by atoms with E-state index < -0.39 is 0 Å². The fourth-order valence-corrected chi connectivity index (χ4v) is 2.23. The van der Waals surface area contributed by atoms with Crippen LogP contribution in [0.4, 0.5) is 0 Å². The number of rotatable bonds is 3. The first-order chi connectivity index (χ1) is 10.8. The van der Waals surface area contributed by atoms with E-state index in [1.165, 1.54) is 7.11 Å². The molecule has 0 saturated heterocycles. The second kappa shape index (κ2) is 6.18. The minimum Gasteiger partial charge on any atom is -0.465 e. The summed E-state index contributed by atoms with van der Waals surface area (Å²) in [7, 11) is 1.37. The van der Waals surface area contributed by atoms with Gasteiger partial charge in [0, 0.05) is 23.5 Å². The van der Waals surface area contributed by atoms with Crippen LogP contribution in [0.1, 0.15) is 10.4 Å². The third-order valence-corrected chi connectivity index (χ3v) is 3.28. The molecule has 4 nitrogen and oxygen atoms in total. The molecular weight excluding hydrogens is 276 g/mol. The first-order valence-electron chi connectivity index (χ1n) is 6.84. The predicted octanol–water partition coefficient (Wildman–Crippen LogP) is 3.60. The maximum absolute atomic E-state index is 11.9. The summed E-state index contributed by atoms with van der Waals surface area (Å²) < 4.78 is 4.84. The van der Waals surface area contributed by atoms with Gasteiger partial charge in [-0.3, -0.25) is 9.97 Å². The molecule has 2 aromatic heterocycles. The van der Waals surface area contributed by atoms with Crippen molar-refractivity contribution in [3.8, 4) is 22.5 Å². The second-order valence-electron chi connectivity index (χ2n) is 4.72. The van der Waals surface area contributed by atoms with E-state index in [-0.39, 0.29) is 5.97 Å². The van der Waals surface area contributed by atoms with Gasteiger partial charge >= 0.3 is 5.97 Å². The first kappa shape index (κ1) is 13.9. The maximum atomic E-state index is 11.9. The van der Waals surface area contributed by atoms with Crippen LogP contribution >= 0.6 is 0 Å². The number of hydrogen-bond donors (Lipinski definition) is 0. The van der Waals surface area contributed by atoms with E-state index in [1.54, 1.807) is 24.5 Å². The van der Waals surface area contributed by atoms with Crippen LogP contribution in [-0.2, 0) is 4.74 Å². The molecule has 0 bridgehead atoms. The molecule has 4 heteroatoms. The second-order valence-corrected chi connectivity index (χ2v) is 4.72. The molecule has 3 rings (SSSR count). The predicted molar refractivity (Wildman–Crippen MR) is 84.2 cm³/mol. The average molecular weight is 290 g/mol. The monoisotopic (exact) mass is 290 g/mol. The van der Waals surface area contributed by atoms with Crippen LogP contribution in [0.15, 0.2) is 67.0 Å². The van der Waals surface area contributed by atoms with Gasteiger partial charge in [0.1, 0.15) is 0 Å². The number of nitrogens with zero attached hydrogens (tertiary/aromatic N) is 2. The van der Waals surface area contributed by atoms with Crippen molar-refractivity contribution in [3.63, 3.8) is 0 Å².